The number of aliphatic imine (C=N–C) groups is 1. The molecule has 2 aromatic rings. The van der Waals surface area contributed by atoms with E-state index in [2.05, 4.69) is 133 Å². The van der Waals surface area contributed by atoms with Crippen molar-refractivity contribution in [3.8, 4) is 0 Å². The molecule has 0 saturated heterocycles. The van der Waals surface area contributed by atoms with E-state index in [1.807, 2.05) is 6.21 Å². The van der Waals surface area contributed by atoms with Gasteiger partial charge in [0.25, 0.3) is 0 Å². The minimum atomic E-state index is 0.500. The van der Waals surface area contributed by atoms with Gasteiger partial charge in [0, 0.05) is 12.1 Å². The first kappa shape index (κ1) is 25.9. The van der Waals surface area contributed by atoms with Gasteiger partial charge in [-0.25, -0.2) is 0 Å². The fourth-order valence-corrected chi connectivity index (χ4v) is 2.68. The molecule has 0 bridgehead atoms. The molecule has 0 fully saturated rings. The molecule has 1 heteroatoms. The van der Waals surface area contributed by atoms with E-state index in [0.717, 1.165) is 6.42 Å². The van der Waals surface area contributed by atoms with Crippen LogP contribution in [-0.2, 0) is 0 Å². The summed E-state index contributed by atoms with van der Waals surface area (Å²) in [6.07, 6.45) is 13.0. The van der Waals surface area contributed by atoms with Gasteiger partial charge in [0.1, 0.15) is 0 Å². The quantitative estimate of drug-likeness (QED) is 0.388. The minimum Gasteiger partial charge on any atom is -0.289 e. The predicted octanol–water partition coefficient (Wildman–Crippen LogP) is 8.91. The SMILES string of the molecule is C1=CC2CC=CCC2N=C1.CC(C)(C)C.CC(C)(C)C.c1ccc2ccccc2c1. The molecule has 2 aromatic carbocycles. The Hall–Kier alpha value is -2.15. The monoisotopic (exact) mass is 405 g/mol. The van der Waals surface area contributed by atoms with E-state index in [-0.39, 0.29) is 0 Å². The molecule has 1 aliphatic heterocycles. The van der Waals surface area contributed by atoms with E-state index in [1.165, 1.54) is 17.2 Å². The molecule has 0 amide bonds. The van der Waals surface area contributed by atoms with Gasteiger partial charge in [-0.1, -0.05) is 122 Å². The Bertz CT molecular complexity index is 701. The smallest absolute Gasteiger partial charge is 0.0599 e. The molecule has 2 aliphatic rings. The first-order valence-corrected chi connectivity index (χ1v) is 11.2. The third-order valence-corrected chi connectivity index (χ3v) is 3.83. The Balaban J connectivity index is 0.000000213. The van der Waals surface area contributed by atoms with Crippen molar-refractivity contribution in [1.82, 2.24) is 0 Å². The highest BCUT2D eigenvalue weighted by molar-refractivity contribution is 5.82. The van der Waals surface area contributed by atoms with Crippen LogP contribution >= 0.6 is 0 Å². The average molecular weight is 406 g/mol. The summed E-state index contributed by atoms with van der Waals surface area (Å²) in [5.41, 5.74) is 1.00. The maximum atomic E-state index is 4.39. The van der Waals surface area contributed by atoms with Crippen LogP contribution in [0.1, 0.15) is 68.2 Å². The first-order valence-electron chi connectivity index (χ1n) is 11.2. The third-order valence-electron chi connectivity index (χ3n) is 3.83. The summed E-state index contributed by atoms with van der Waals surface area (Å²) in [7, 11) is 0. The third kappa shape index (κ3) is 13.9. The van der Waals surface area contributed by atoms with E-state index in [0.29, 0.717) is 22.8 Å². The van der Waals surface area contributed by atoms with E-state index in [1.54, 1.807) is 0 Å². The zero-order valence-electron chi connectivity index (χ0n) is 20.5. The second-order valence-electron chi connectivity index (χ2n) is 11.2. The number of allylic oxidation sites excluding steroid dienone is 2. The largest absolute Gasteiger partial charge is 0.289 e. The maximum Gasteiger partial charge on any atom is 0.0599 e. The summed E-state index contributed by atoms with van der Waals surface area (Å²) >= 11 is 0. The number of hydrogen-bond acceptors (Lipinski definition) is 1. The van der Waals surface area contributed by atoms with Gasteiger partial charge in [-0.05, 0) is 40.5 Å². The van der Waals surface area contributed by atoms with Gasteiger partial charge in [0.15, 0.2) is 0 Å². The van der Waals surface area contributed by atoms with Crippen LogP contribution in [0.5, 0.6) is 0 Å². The molecule has 0 N–H and O–H groups in total. The van der Waals surface area contributed by atoms with Crippen molar-refractivity contribution in [2.24, 2.45) is 21.7 Å². The van der Waals surface area contributed by atoms with Crippen LogP contribution in [-0.4, -0.2) is 12.3 Å². The summed E-state index contributed by atoms with van der Waals surface area (Å²) in [5, 5.41) is 2.62. The summed E-state index contributed by atoms with van der Waals surface area (Å²) in [6.45, 7) is 17.5. The normalized spacial score (nSPS) is 19.3. The molecule has 0 saturated carbocycles. The molecule has 164 valence electrons. The number of fused-ring (bicyclic) bond motifs is 2. The van der Waals surface area contributed by atoms with Crippen LogP contribution < -0.4 is 0 Å². The Kier molecular flexibility index (Phi) is 10.8. The number of nitrogens with zero attached hydrogens (tertiary/aromatic N) is 1. The molecule has 2 atom stereocenters. The lowest BCUT2D eigenvalue weighted by Crippen LogP contribution is -2.20. The van der Waals surface area contributed by atoms with Crippen LogP contribution in [0.25, 0.3) is 10.8 Å². The Morgan fingerprint density at radius 3 is 1.47 bits per heavy atom. The number of hydrogen-bond donors (Lipinski definition) is 0. The van der Waals surface area contributed by atoms with Gasteiger partial charge in [-0.3, -0.25) is 4.99 Å². The second kappa shape index (κ2) is 12.5. The van der Waals surface area contributed by atoms with E-state index < -0.39 is 0 Å². The summed E-state index contributed by atoms with van der Waals surface area (Å²) < 4.78 is 0. The Morgan fingerprint density at radius 1 is 0.667 bits per heavy atom. The Labute approximate surface area is 186 Å². The fraction of sp³-hybridized carbons (Fsp3) is 0.483. The molecule has 1 heterocycles. The number of rotatable bonds is 0. The van der Waals surface area contributed by atoms with Crippen LogP contribution in [0.4, 0.5) is 0 Å². The van der Waals surface area contributed by atoms with Crippen LogP contribution in [0.2, 0.25) is 0 Å². The molecule has 30 heavy (non-hydrogen) atoms. The molecule has 2 unspecified atom stereocenters. The molecular formula is C29H43N. The van der Waals surface area contributed by atoms with Crippen LogP contribution in [0.3, 0.4) is 0 Å². The van der Waals surface area contributed by atoms with Crippen molar-refractivity contribution in [2.75, 3.05) is 0 Å². The van der Waals surface area contributed by atoms with Crippen LogP contribution in [0, 0.1) is 16.7 Å². The topological polar surface area (TPSA) is 12.4 Å². The zero-order valence-corrected chi connectivity index (χ0v) is 20.5. The van der Waals surface area contributed by atoms with Crippen molar-refractivity contribution in [3.63, 3.8) is 0 Å². The fourth-order valence-electron chi connectivity index (χ4n) is 2.68. The van der Waals surface area contributed by atoms with E-state index >= 15 is 0 Å². The molecule has 0 spiro atoms. The lowest BCUT2D eigenvalue weighted by molar-refractivity contribution is 0.469. The lowest BCUT2D eigenvalue weighted by atomic mass is 9.88. The highest BCUT2D eigenvalue weighted by Crippen LogP contribution is 2.24. The highest BCUT2D eigenvalue weighted by atomic mass is 14.8. The molecule has 0 radical (unpaired) electrons. The van der Waals surface area contributed by atoms with Crippen molar-refractivity contribution in [3.05, 3.63) is 72.8 Å². The summed E-state index contributed by atoms with van der Waals surface area (Å²) in [5.74, 6) is 0.690. The van der Waals surface area contributed by atoms with Crippen molar-refractivity contribution < 1.29 is 0 Å². The van der Waals surface area contributed by atoms with Crippen molar-refractivity contribution in [2.45, 2.75) is 74.3 Å². The highest BCUT2D eigenvalue weighted by Gasteiger charge is 2.19. The molecule has 1 aliphatic carbocycles. The molecule has 0 aromatic heterocycles. The van der Waals surface area contributed by atoms with Gasteiger partial charge in [0.05, 0.1) is 6.04 Å². The minimum absolute atomic E-state index is 0.500. The van der Waals surface area contributed by atoms with E-state index in [4.69, 9.17) is 0 Å². The average Bonchev–Trinajstić information content (AvgIpc) is 2.66. The Morgan fingerprint density at radius 2 is 1.07 bits per heavy atom. The zero-order chi connectivity index (χ0) is 22.6. The molecule has 4 rings (SSSR count). The van der Waals surface area contributed by atoms with E-state index in [9.17, 15) is 0 Å². The first-order chi connectivity index (χ1) is 13.9. The van der Waals surface area contributed by atoms with Gasteiger partial charge < -0.3 is 0 Å². The summed E-state index contributed by atoms with van der Waals surface area (Å²) in [6, 6.07) is 17.3. The van der Waals surface area contributed by atoms with Gasteiger partial charge in [-0.2, -0.15) is 0 Å². The van der Waals surface area contributed by atoms with Gasteiger partial charge in [-0.15, -0.1) is 0 Å². The summed E-state index contributed by atoms with van der Waals surface area (Å²) in [4.78, 5) is 4.39. The predicted molar refractivity (Wildman–Crippen MR) is 137 cm³/mol. The second-order valence-corrected chi connectivity index (χ2v) is 11.2. The standard InChI is InChI=1S/C10H8.C9H11N.2C5H12/c1-2-6-10-8-4-3-7-9(10)5-1;1-2-6-9-8(4-1)5-3-7-10-9;2*1-5(2,3)4/h1-8H;1-3,5,7-9H,4,6H2;2*1-4H3. The van der Waals surface area contributed by atoms with Gasteiger partial charge in [0.2, 0.25) is 0 Å². The van der Waals surface area contributed by atoms with Crippen molar-refractivity contribution >= 4 is 17.0 Å². The lowest BCUT2D eigenvalue weighted by Gasteiger charge is -2.23. The number of dihydropyridines is 1. The van der Waals surface area contributed by atoms with Gasteiger partial charge >= 0.3 is 0 Å². The molecule has 1 nitrogen and oxygen atoms in total. The van der Waals surface area contributed by atoms with Crippen LogP contribution in [0.15, 0.2) is 77.8 Å². The number of benzene rings is 2. The maximum absolute atomic E-state index is 4.39. The van der Waals surface area contributed by atoms with Crippen molar-refractivity contribution in [1.29, 1.82) is 0 Å². The molecular weight excluding hydrogens is 362 g/mol.